The normalized spacial score (nSPS) is 29.5. The summed E-state index contributed by atoms with van der Waals surface area (Å²) in [7, 11) is 0. The van der Waals surface area contributed by atoms with Crippen LogP contribution in [0.4, 0.5) is 11.4 Å². The molecule has 108 valence electrons. The molecule has 4 N–H and O–H groups in total. The summed E-state index contributed by atoms with van der Waals surface area (Å²) in [6, 6.07) is 7.87. The van der Waals surface area contributed by atoms with Gasteiger partial charge in [-0.25, -0.2) is 0 Å². The zero-order valence-corrected chi connectivity index (χ0v) is 11.8. The number of nitrogens with two attached hydrogens (primary N) is 1. The Labute approximate surface area is 120 Å². The number of para-hydroxylation sites is 2. The number of hydrogen-bond acceptors (Lipinski definition) is 3. The number of anilines is 2. The molecule has 1 aliphatic heterocycles. The monoisotopic (exact) mass is 273 g/mol. The van der Waals surface area contributed by atoms with Crippen LogP contribution in [0.1, 0.15) is 38.5 Å². The number of piperidine rings is 1. The minimum atomic E-state index is -0.0750. The van der Waals surface area contributed by atoms with Gasteiger partial charge >= 0.3 is 0 Å². The number of amides is 1. The number of nitrogens with one attached hydrogen (secondary N) is 2. The summed E-state index contributed by atoms with van der Waals surface area (Å²) in [5.41, 5.74) is 7.20. The molecule has 2 aliphatic rings. The average Bonchev–Trinajstić information content (AvgIpc) is 2.49. The van der Waals surface area contributed by atoms with Crippen molar-refractivity contribution in [2.24, 2.45) is 5.92 Å². The molecule has 0 aromatic heterocycles. The van der Waals surface area contributed by atoms with Crippen LogP contribution in [0, 0.1) is 5.92 Å². The molecular weight excluding hydrogens is 250 g/mol. The van der Waals surface area contributed by atoms with Crippen LogP contribution in [-0.2, 0) is 4.79 Å². The van der Waals surface area contributed by atoms with Crippen LogP contribution in [0.3, 0.4) is 0 Å². The fourth-order valence-corrected chi connectivity index (χ4v) is 3.53. The van der Waals surface area contributed by atoms with Crippen LogP contribution in [0.2, 0.25) is 0 Å². The third-order valence-corrected chi connectivity index (χ3v) is 4.69. The van der Waals surface area contributed by atoms with E-state index in [0.29, 0.717) is 17.4 Å². The highest BCUT2D eigenvalue weighted by molar-refractivity contribution is 5.97. The van der Waals surface area contributed by atoms with Gasteiger partial charge in [-0.1, -0.05) is 25.0 Å². The maximum Gasteiger partial charge on any atom is 0.241 e. The lowest BCUT2D eigenvalue weighted by atomic mass is 9.77. The fraction of sp³-hybridized carbons (Fsp3) is 0.562. The number of nitrogen functional groups attached to an aromatic ring is 1. The van der Waals surface area contributed by atoms with Crippen molar-refractivity contribution in [3.05, 3.63) is 24.3 Å². The van der Waals surface area contributed by atoms with Gasteiger partial charge in [0.25, 0.3) is 0 Å². The van der Waals surface area contributed by atoms with Crippen LogP contribution < -0.4 is 16.4 Å². The molecule has 2 fully saturated rings. The lowest BCUT2D eigenvalue weighted by Gasteiger charge is -2.39. The first kappa shape index (κ1) is 13.4. The van der Waals surface area contributed by atoms with Crippen molar-refractivity contribution in [1.29, 1.82) is 0 Å². The molecule has 1 saturated heterocycles. The molecule has 1 heterocycles. The molecule has 0 unspecified atom stereocenters. The second-order valence-electron chi connectivity index (χ2n) is 6.02. The highest BCUT2D eigenvalue weighted by Crippen LogP contribution is 2.32. The Bertz CT molecular complexity index is 488. The Morgan fingerprint density at radius 1 is 1.15 bits per heavy atom. The van der Waals surface area contributed by atoms with Crippen LogP contribution in [0.15, 0.2) is 24.3 Å². The van der Waals surface area contributed by atoms with Crippen LogP contribution >= 0.6 is 0 Å². The highest BCUT2D eigenvalue weighted by atomic mass is 16.2. The SMILES string of the molecule is Nc1ccccc1NC(=O)[C@@H]1CC[C@@H]2CCCC[C@@H]2N1. The van der Waals surface area contributed by atoms with Gasteiger partial charge < -0.3 is 16.4 Å². The molecular formula is C16H23N3O. The van der Waals surface area contributed by atoms with Gasteiger partial charge in [0.05, 0.1) is 17.4 Å². The van der Waals surface area contributed by atoms with Crippen molar-refractivity contribution in [2.75, 3.05) is 11.1 Å². The predicted molar refractivity (Wildman–Crippen MR) is 81.4 cm³/mol. The molecule has 1 aromatic rings. The van der Waals surface area contributed by atoms with Crippen molar-refractivity contribution in [2.45, 2.75) is 50.6 Å². The zero-order valence-electron chi connectivity index (χ0n) is 11.8. The summed E-state index contributed by atoms with van der Waals surface area (Å²) >= 11 is 0. The lowest BCUT2D eigenvalue weighted by molar-refractivity contribution is -0.119. The van der Waals surface area contributed by atoms with Crippen molar-refractivity contribution >= 4 is 17.3 Å². The number of fused-ring (bicyclic) bond motifs is 1. The maximum absolute atomic E-state index is 12.4. The van der Waals surface area contributed by atoms with E-state index in [1.54, 1.807) is 6.07 Å². The summed E-state index contributed by atoms with van der Waals surface area (Å²) in [6.07, 6.45) is 7.26. The molecule has 1 aliphatic carbocycles. The van der Waals surface area contributed by atoms with E-state index in [-0.39, 0.29) is 11.9 Å². The Hall–Kier alpha value is -1.55. The summed E-state index contributed by atoms with van der Waals surface area (Å²) < 4.78 is 0. The maximum atomic E-state index is 12.4. The Balaban J connectivity index is 1.62. The summed E-state index contributed by atoms with van der Waals surface area (Å²) in [6.45, 7) is 0. The standard InChI is InChI=1S/C16H23N3O/c17-12-6-2-4-8-14(12)19-16(20)15-10-9-11-5-1-3-7-13(11)18-15/h2,4,6,8,11,13,15,18H,1,3,5,7,9-10,17H2,(H,19,20)/t11-,13-,15-/m0/s1. The molecule has 0 radical (unpaired) electrons. The highest BCUT2D eigenvalue weighted by Gasteiger charge is 2.34. The summed E-state index contributed by atoms with van der Waals surface area (Å²) in [5, 5.41) is 6.49. The van der Waals surface area contributed by atoms with Crippen LogP contribution in [0.25, 0.3) is 0 Å². The van der Waals surface area contributed by atoms with Crippen molar-refractivity contribution in [3.63, 3.8) is 0 Å². The third kappa shape index (κ3) is 2.80. The van der Waals surface area contributed by atoms with E-state index in [1.165, 1.54) is 32.1 Å². The number of benzene rings is 1. The van der Waals surface area contributed by atoms with E-state index in [0.717, 1.165) is 12.3 Å². The van der Waals surface area contributed by atoms with E-state index in [9.17, 15) is 4.79 Å². The van der Waals surface area contributed by atoms with E-state index >= 15 is 0 Å². The predicted octanol–water partition coefficient (Wildman–Crippen LogP) is 2.52. The molecule has 4 heteroatoms. The minimum absolute atomic E-state index is 0.0481. The van der Waals surface area contributed by atoms with Gasteiger partial charge in [0.1, 0.15) is 0 Å². The summed E-state index contributed by atoms with van der Waals surface area (Å²) in [5.74, 6) is 0.821. The quantitative estimate of drug-likeness (QED) is 0.725. The van der Waals surface area contributed by atoms with Crippen LogP contribution in [-0.4, -0.2) is 18.0 Å². The van der Waals surface area contributed by atoms with Crippen molar-refractivity contribution < 1.29 is 4.79 Å². The van der Waals surface area contributed by atoms with Gasteiger partial charge in [0.2, 0.25) is 5.91 Å². The number of carbonyl (C=O) groups excluding carboxylic acids is 1. The second kappa shape index (κ2) is 5.83. The minimum Gasteiger partial charge on any atom is -0.397 e. The first-order chi connectivity index (χ1) is 9.74. The molecule has 1 amide bonds. The van der Waals surface area contributed by atoms with Gasteiger partial charge in [-0.15, -0.1) is 0 Å². The topological polar surface area (TPSA) is 67.1 Å². The van der Waals surface area contributed by atoms with Gasteiger partial charge in [0, 0.05) is 6.04 Å². The van der Waals surface area contributed by atoms with Crippen LogP contribution in [0.5, 0.6) is 0 Å². The smallest absolute Gasteiger partial charge is 0.241 e. The average molecular weight is 273 g/mol. The molecule has 3 atom stereocenters. The number of hydrogen-bond donors (Lipinski definition) is 3. The van der Waals surface area contributed by atoms with Gasteiger partial charge in [-0.2, -0.15) is 0 Å². The second-order valence-corrected chi connectivity index (χ2v) is 6.02. The molecule has 20 heavy (non-hydrogen) atoms. The van der Waals surface area contributed by atoms with E-state index in [2.05, 4.69) is 10.6 Å². The number of carbonyl (C=O) groups is 1. The summed E-state index contributed by atoms with van der Waals surface area (Å²) in [4.78, 5) is 12.4. The fourth-order valence-electron chi connectivity index (χ4n) is 3.53. The van der Waals surface area contributed by atoms with Gasteiger partial charge in [-0.3, -0.25) is 4.79 Å². The van der Waals surface area contributed by atoms with Gasteiger partial charge in [-0.05, 0) is 43.7 Å². The molecule has 0 bridgehead atoms. The molecule has 0 spiro atoms. The van der Waals surface area contributed by atoms with Crippen molar-refractivity contribution in [3.8, 4) is 0 Å². The van der Waals surface area contributed by atoms with Crippen molar-refractivity contribution in [1.82, 2.24) is 5.32 Å². The number of rotatable bonds is 2. The lowest BCUT2D eigenvalue weighted by Crippen LogP contribution is -2.53. The first-order valence-electron chi connectivity index (χ1n) is 7.65. The first-order valence-corrected chi connectivity index (χ1v) is 7.65. The Morgan fingerprint density at radius 3 is 2.80 bits per heavy atom. The molecule has 1 aromatic carbocycles. The van der Waals surface area contributed by atoms with E-state index in [4.69, 9.17) is 5.73 Å². The Kier molecular flexibility index (Phi) is 3.92. The zero-order chi connectivity index (χ0) is 13.9. The Morgan fingerprint density at radius 2 is 1.95 bits per heavy atom. The third-order valence-electron chi connectivity index (χ3n) is 4.69. The van der Waals surface area contributed by atoms with Gasteiger partial charge in [0.15, 0.2) is 0 Å². The molecule has 4 nitrogen and oxygen atoms in total. The van der Waals surface area contributed by atoms with E-state index in [1.807, 2.05) is 18.2 Å². The van der Waals surface area contributed by atoms with E-state index < -0.39 is 0 Å². The molecule has 3 rings (SSSR count). The molecule has 1 saturated carbocycles. The largest absolute Gasteiger partial charge is 0.397 e.